The molecule has 32 heavy (non-hydrogen) atoms. The molecular weight excluding hydrogens is 453 g/mol. The number of halogens is 2. The molecule has 0 unspecified atom stereocenters. The van der Waals surface area contributed by atoms with Gasteiger partial charge < -0.3 is 15.3 Å². The van der Waals surface area contributed by atoms with E-state index in [0.717, 1.165) is 23.3 Å². The molecule has 3 fully saturated rings. The molecule has 4 rings (SSSR count). The lowest BCUT2D eigenvalue weighted by atomic mass is 9.72. The predicted molar refractivity (Wildman–Crippen MR) is 122 cm³/mol. The van der Waals surface area contributed by atoms with Crippen LogP contribution in [-0.2, 0) is 9.59 Å². The maximum atomic E-state index is 14.0. The van der Waals surface area contributed by atoms with Crippen LogP contribution in [0, 0.1) is 11.3 Å². The Labute approximate surface area is 198 Å². The van der Waals surface area contributed by atoms with Crippen LogP contribution < -0.4 is 5.32 Å². The largest absolute Gasteiger partial charge is 0.465 e. The second-order valence-corrected chi connectivity index (χ2v) is 10.4. The molecule has 1 aromatic rings. The van der Waals surface area contributed by atoms with Crippen LogP contribution in [-0.4, -0.2) is 71.5 Å². The van der Waals surface area contributed by atoms with Gasteiger partial charge in [0.05, 0.1) is 10.0 Å². The molecule has 2 saturated heterocycles. The normalized spacial score (nSPS) is 27.2. The number of carbonyl (C=O) groups is 3. The van der Waals surface area contributed by atoms with Gasteiger partial charge in [-0.15, -0.1) is 0 Å². The molecule has 2 amide bonds. The summed E-state index contributed by atoms with van der Waals surface area (Å²) in [5, 5.41) is 13.9. The molecule has 2 aliphatic heterocycles. The molecular formula is C23H29Cl2N3O4. The molecule has 174 valence electrons. The summed E-state index contributed by atoms with van der Waals surface area (Å²) in [6, 6.07) is 5.20. The van der Waals surface area contributed by atoms with Crippen molar-refractivity contribution in [2.24, 2.45) is 11.3 Å². The lowest BCUT2D eigenvalue weighted by molar-refractivity contribution is -0.142. The molecule has 1 aliphatic carbocycles. The number of likely N-dealkylation sites (N-methyl/N-ethyl adjacent to an activating group) is 1. The number of hydrogen-bond acceptors (Lipinski definition) is 4. The Balaban J connectivity index is 1.60. The molecule has 7 nitrogen and oxygen atoms in total. The van der Waals surface area contributed by atoms with Crippen molar-refractivity contribution in [3.63, 3.8) is 0 Å². The average Bonchev–Trinajstić information content (AvgIpc) is 3.38. The van der Waals surface area contributed by atoms with E-state index in [-0.39, 0.29) is 29.6 Å². The number of Topliss-reactive ketones (excluding diaryl/α,β-unsaturated/α-hetero) is 1. The summed E-state index contributed by atoms with van der Waals surface area (Å²) in [6.07, 6.45) is 1.79. The van der Waals surface area contributed by atoms with Crippen LogP contribution in [0.3, 0.4) is 0 Å². The van der Waals surface area contributed by atoms with E-state index in [9.17, 15) is 19.5 Å². The number of benzene rings is 1. The maximum absolute atomic E-state index is 14.0. The molecule has 2 atom stereocenters. The standard InChI is InChI=1S/C23H29Cl2N3O4/c1-22(7-8-22)20(30)28-9-5-14(6-10-28)19(29)23(27(2)21(31)32)13-26-12-16(23)15-3-4-17(24)18(25)11-15/h3-4,11,14,16,26H,5-10,12-13H2,1-2H3,(H,31,32)/t16-,23+/m0/s1. The van der Waals surface area contributed by atoms with E-state index in [0.29, 0.717) is 42.5 Å². The summed E-state index contributed by atoms with van der Waals surface area (Å²) in [5.41, 5.74) is -0.696. The number of ketones is 1. The molecule has 9 heteroatoms. The van der Waals surface area contributed by atoms with Gasteiger partial charge in [0.1, 0.15) is 5.54 Å². The first-order valence-electron chi connectivity index (χ1n) is 11.1. The van der Waals surface area contributed by atoms with E-state index >= 15 is 0 Å². The van der Waals surface area contributed by atoms with Gasteiger partial charge in [-0.05, 0) is 43.4 Å². The highest BCUT2D eigenvalue weighted by Crippen LogP contribution is 2.47. The first-order valence-corrected chi connectivity index (χ1v) is 11.8. The van der Waals surface area contributed by atoms with E-state index in [2.05, 4.69) is 5.32 Å². The van der Waals surface area contributed by atoms with Gasteiger partial charge in [0, 0.05) is 50.5 Å². The average molecular weight is 482 g/mol. The van der Waals surface area contributed by atoms with E-state index in [1.807, 2.05) is 11.8 Å². The molecule has 0 aromatic heterocycles. The summed E-state index contributed by atoms with van der Waals surface area (Å²) >= 11 is 12.3. The first-order chi connectivity index (χ1) is 15.1. The Morgan fingerprint density at radius 3 is 2.38 bits per heavy atom. The number of likely N-dealkylation sites (tertiary alicyclic amines) is 1. The molecule has 1 aromatic carbocycles. The molecule has 2 N–H and O–H groups in total. The second-order valence-electron chi connectivity index (χ2n) is 9.61. The number of nitrogens with one attached hydrogen (secondary N) is 1. The number of amides is 2. The summed E-state index contributed by atoms with van der Waals surface area (Å²) in [6.45, 7) is 3.74. The lowest BCUT2D eigenvalue weighted by Gasteiger charge is -2.43. The Morgan fingerprint density at radius 1 is 1.16 bits per heavy atom. The van der Waals surface area contributed by atoms with Gasteiger partial charge >= 0.3 is 6.09 Å². The fourth-order valence-corrected chi connectivity index (χ4v) is 5.56. The number of hydrogen-bond donors (Lipinski definition) is 2. The van der Waals surface area contributed by atoms with E-state index in [1.165, 1.54) is 7.05 Å². The van der Waals surface area contributed by atoms with Crippen molar-refractivity contribution >= 4 is 41.0 Å². The van der Waals surface area contributed by atoms with Crippen LogP contribution in [0.4, 0.5) is 4.79 Å². The van der Waals surface area contributed by atoms with E-state index < -0.39 is 17.6 Å². The van der Waals surface area contributed by atoms with E-state index in [4.69, 9.17) is 23.2 Å². The highest BCUT2D eigenvalue weighted by molar-refractivity contribution is 6.42. The second kappa shape index (κ2) is 8.50. The maximum Gasteiger partial charge on any atom is 0.407 e. The van der Waals surface area contributed by atoms with Crippen LogP contribution in [0.5, 0.6) is 0 Å². The molecule has 3 aliphatic rings. The predicted octanol–water partition coefficient (Wildman–Crippen LogP) is 3.64. The van der Waals surface area contributed by atoms with Crippen LogP contribution in [0.15, 0.2) is 18.2 Å². The third kappa shape index (κ3) is 3.88. The Bertz CT molecular complexity index is 943. The number of rotatable bonds is 5. The van der Waals surface area contributed by atoms with Gasteiger partial charge in [-0.1, -0.05) is 36.2 Å². The lowest BCUT2D eigenvalue weighted by Crippen LogP contribution is -2.62. The van der Waals surface area contributed by atoms with Crippen LogP contribution in [0.1, 0.15) is 44.1 Å². The number of nitrogens with zero attached hydrogens (tertiary/aromatic N) is 2. The highest BCUT2D eigenvalue weighted by atomic mass is 35.5. The Morgan fingerprint density at radius 2 is 1.81 bits per heavy atom. The van der Waals surface area contributed by atoms with Crippen LogP contribution in [0.25, 0.3) is 0 Å². The number of carboxylic acid groups (broad SMARTS) is 1. The van der Waals surface area contributed by atoms with Gasteiger partial charge in [0.25, 0.3) is 0 Å². The van der Waals surface area contributed by atoms with Crippen molar-refractivity contribution in [1.29, 1.82) is 0 Å². The van der Waals surface area contributed by atoms with Crippen molar-refractivity contribution < 1.29 is 19.5 Å². The van der Waals surface area contributed by atoms with Gasteiger partial charge in [0.2, 0.25) is 5.91 Å². The number of piperidine rings is 1. The SMILES string of the molecule is CN(C(=O)O)[C@]1(C(=O)C2CCN(C(=O)C3(C)CC3)CC2)CNC[C@H]1c1ccc(Cl)c(Cl)c1. The zero-order chi connectivity index (χ0) is 23.3. The number of carbonyl (C=O) groups excluding carboxylic acids is 2. The quantitative estimate of drug-likeness (QED) is 0.669. The molecule has 2 heterocycles. The summed E-state index contributed by atoms with van der Waals surface area (Å²) in [4.78, 5) is 41.8. The summed E-state index contributed by atoms with van der Waals surface area (Å²) < 4.78 is 0. The first kappa shape index (κ1) is 23.3. The van der Waals surface area contributed by atoms with Crippen molar-refractivity contribution in [1.82, 2.24) is 15.1 Å². The minimum absolute atomic E-state index is 0.0896. The van der Waals surface area contributed by atoms with Gasteiger partial charge in [-0.3, -0.25) is 14.5 Å². The Hall–Kier alpha value is -1.83. The van der Waals surface area contributed by atoms with Crippen molar-refractivity contribution in [2.75, 3.05) is 33.2 Å². The molecule has 0 radical (unpaired) electrons. The third-order valence-electron chi connectivity index (χ3n) is 7.65. The van der Waals surface area contributed by atoms with Gasteiger partial charge in [-0.2, -0.15) is 0 Å². The van der Waals surface area contributed by atoms with Gasteiger partial charge in [-0.25, -0.2) is 4.79 Å². The van der Waals surface area contributed by atoms with Crippen LogP contribution >= 0.6 is 23.2 Å². The summed E-state index contributed by atoms with van der Waals surface area (Å²) in [5.74, 6) is -0.612. The van der Waals surface area contributed by atoms with Crippen molar-refractivity contribution in [3.05, 3.63) is 33.8 Å². The fourth-order valence-electron chi connectivity index (χ4n) is 5.25. The third-order valence-corrected chi connectivity index (χ3v) is 8.39. The molecule has 0 bridgehead atoms. The highest BCUT2D eigenvalue weighted by Gasteiger charge is 2.56. The fraction of sp³-hybridized carbons (Fsp3) is 0.609. The van der Waals surface area contributed by atoms with E-state index in [1.54, 1.807) is 18.2 Å². The topological polar surface area (TPSA) is 90.0 Å². The minimum atomic E-state index is -1.25. The molecule has 0 spiro atoms. The minimum Gasteiger partial charge on any atom is -0.465 e. The van der Waals surface area contributed by atoms with Crippen LogP contribution in [0.2, 0.25) is 10.0 Å². The monoisotopic (exact) mass is 481 g/mol. The van der Waals surface area contributed by atoms with Crippen molar-refractivity contribution in [2.45, 2.75) is 44.1 Å². The molecule has 1 saturated carbocycles. The zero-order valence-corrected chi connectivity index (χ0v) is 19.9. The Kier molecular flexibility index (Phi) is 6.20. The summed E-state index contributed by atoms with van der Waals surface area (Å²) in [7, 11) is 1.46. The zero-order valence-electron chi connectivity index (χ0n) is 18.4. The smallest absolute Gasteiger partial charge is 0.407 e. The van der Waals surface area contributed by atoms with Crippen molar-refractivity contribution in [3.8, 4) is 0 Å². The van der Waals surface area contributed by atoms with Gasteiger partial charge in [0.15, 0.2) is 5.78 Å².